The highest BCUT2D eigenvalue weighted by Gasteiger charge is 2.27. The highest BCUT2D eigenvalue weighted by Crippen LogP contribution is 2.23. The van der Waals surface area contributed by atoms with Gasteiger partial charge in [0.2, 0.25) is 0 Å². The van der Waals surface area contributed by atoms with Crippen LogP contribution < -0.4 is 5.32 Å². The first-order chi connectivity index (χ1) is 4.97. The van der Waals surface area contributed by atoms with E-state index in [1.54, 1.807) is 0 Å². The molecule has 2 saturated heterocycles. The summed E-state index contributed by atoms with van der Waals surface area (Å²) in [5.74, 6) is 1.25. The second-order valence-electron chi connectivity index (χ2n) is 2.83. The summed E-state index contributed by atoms with van der Waals surface area (Å²) in [5, 5.41) is 4.26. The summed E-state index contributed by atoms with van der Waals surface area (Å²) in [6.07, 6.45) is 1.21. The molecule has 58 valence electrons. The van der Waals surface area contributed by atoms with E-state index in [1.165, 1.54) is 18.7 Å². The van der Waals surface area contributed by atoms with E-state index < -0.39 is 0 Å². The molecule has 2 heterocycles. The largest absolute Gasteiger partial charge is 0.380 e. The lowest BCUT2D eigenvalue weighted by molar-refractivity contribution is 0.0822. The number of hydrogen-bond acceptors (Lipinski definition) is 3. The maximum Gasteiger partial charge on any atom is 0.0600 e. The van der Waals surface area contributed by atoms with Crippen LogP contribution in [0.4, 0.5) is 0 Å². The van der Waals surface area contributed by atoms with Gasteiger partial charge in [-0.2, -0.15) is 11.8 Å². The predicted molar refractivity (Wildman–Crippen MR) is 43.5 cm³/mol. The van der Waals surface area contributed by atoms with Crippen molar-refractivity contribution in [2.45, 2.75) is 17.7 Å². The summed E-state index contributed by atoms with van der Waals surface area (Å²) in [4.78, 5) is 0. The summed E-state index contributed by atoms with van der Waals surface area (Å²) >= 11 is 2.06. The standard InChI is InChI=1S/C7H13NOS/c1-3-9-5-7-6(1)8-2-4-10-7/h6-8H,1-5H2/t6-,7-/m1/s1. The van der Waals surface area contributed by atoms with Crippen LogP contribution in [-0.2, 0) is 4.74 Å². The summed E-state index contributed by atoms with van der Waals surface area (Å²) in [6.45, 7) is 3.10. The Kier molecular flexibility index (Phi) is 2.16. The van der Waals surface area contributed by atoms with E-state index in [0.717, 1.165) is 24.5 Å². The van der Waals surface area contributed by atoms with Crippen LogP contribution in [0.5, 0.6) is 0 Å². The van der Waals surface area contributed by atoms with Gasteiger partial charge in [0.05, 0.1) is 6.61 Å². The summed E-state index contributed by atoms with van der Waals surface area (Å²) in [7, 11) is 0. The van der Waals surface area contributed by atoms with Gasteiger partial charge in [-0.15, -0.1) is 0 Å². The average molecular weight is 159 g/mol. The Bertz CT molecular complexity index is 94.2. The van der Waals surface area contributed by atoms with E-state index in [4.69, 9.17) is 4.74 Å². The molecule has 0 amide bonds. The molecular formula is C7H13NOS. The lowest BCUT2D eigenvalue weighted by atomic mass is 10.1. The molecule has 0 aliphatic carbocycles. The summed E-state index contributed by atoms with van der Waals surface area (Å²) < 4.78 is 5.38. The molecule has 0 aromatic heterocycles. The molecule has 0 unspecified atom stereocenters. The molecule has 2 aliphatic heterocycles. The molecule has 0 radical (unpaired) electrons. The molecule has 0 aromatic rings. The van der Waals surface area contributed by atoms with Gasteiger partial charge in [-0.3, -0.25) is 0 Å². The van der Waals surface area contributed by atoms with Crippen LogP contribution in [0.1, 0.15) is 6.42 Å². The lowest BCUT2D eigenvalue weighted by Gasteiger charge is -2.35. The van der Waals surface area contributed by atoms with Crippen molar-refractivity contribution in [2.24, 2.45) is 0 Å². The number of hydrogen-bond donors (Lipinski definition) is 1. The second kappa shape index (κ2) is 3.11. The van der Waals surface area contributed by atoms with Crippen molar-refractivity contribution >= 4 is 11.8 Å². The summed E-state index contributed by atoms with van der Waals surface area (Å²) in [5.41, 5.74) is 0. The highest BCUT2D eigenvalue weighted by atomic mass is 32.2. The Morgan fingerprint density at radius 3 is 3.40 bits per heavy atom. The van der Waals surface area contributed by atoms with E-state index in [9.17, 15) is 0 Å². The Morgan fingerprint density at radius 2 is 2.50 bits per heavy atom. The molecule has 0 saturated carbocycles. The Hall–Kier alpha value is 0.270. The van der Waals surface area contributed by atoms with Crippen LogP contribution in [0.25, 0.3) is 0 Å². The molecule has 0 aromatic carbocycles. The van der Waals surface area contributed by atoms with Crippen LogP contribution in [-0.4, -0.2) is 36.8 Å². The second-order valence-corrected chi connectivity index (χ2v) is 4.18. The average Bonchev–Trinajstić information content (AvgIpc) is 2.05. The number of fused-ring (bicyclic) bond motifs is 1. The fraction of sp³-hybridized carbons (Fsp3) is 1.00. The van der Waals surface area contributed by atoms with Crippen molar-refractivity contribution in [3.8, 4) is 0 Å². The van der Waals surface area contributed by atoms with Crippen LogP contribution in [0, 0.1) is 0 Å². The molecule has 2 atom stereocenters. The fourth-order valence-electron chi connectivity index (χ4n) is 1.56. The Morgan fingerprint density at radius 1 is 1.50 bits per heavy atom. The molecule has 0 bridgehead atoms. The fourth-order valence-corrected chi connectivity index (χ4v) is 2.76. The topological polar surface area (TPSA) is 21.3 Å². The van der Waals surface area contributed by atoms with Crippen LogP contribution >= 0.6 is 11.8 Å². The molecule has 0 spiro atoms. The first kappa shape index (κ1) is 6.95. The van der Waals surface area contributed by atoms with Gasteiger partial charge in [0.1, 0.15) is 0 Å². The minimum Gasteiger partial charge on any atom is -0.380 e. The zero-order valence-electron chi connectivity index (χ0n) is 6.01. The zero-order chi connectivity index (χ0) is 6.81. The molecule has 10 heavy (non-hydrogen) atoms. The van der Waals surface area contributed by atoms with Gasteiger partial charge in [0.15, 0.2) is 0 Å². The number of nitrogens with one attached hydrogen (secondary N) is 1. The normalized spacial score (nSPS) is 40.8. The Balaban J connectivity index is 1.93. The van der Waals surface area contributed by atoms with Gasteiger partial charge in [-0.25, -0.2) is 0 Å². The van der Waals surface area contributed by atoms with E-state index >= 15 is 0 Å². The van der Waals surface area contributed by atoms with Gasteiger partial charge >= 0.3 is 0 Å². The van der Waals surface area contributed by atoms with Gasteiger partial charge < -0.3 is 10.1 Å². The van der Waals surface area contributed by atoms with E-state index in [0.29, 0.717) is 0 Å². The monoisotopic (exact) mass is 159 g/mol. The highest BCUT2D eigenvalue weighted by molar-refractivity contribution is 8.00. The van der Waals surface area contributed by atoms with Crippen LogP contribution in [0.15, 0.2) is 0 Å². The maximum atomic E-state index is 5.38. The van der Waals surface area contributed by atoms with Gasteiger partial charge in [-0.1, -0.05) is 0 Å². The van der Waals surface area contributed by atoms with Gasteiger partial charge in [0.25, 0.3) is 0 Å². The van der Waals surface area contributed by atoms with Crippen molar-refractivity contribution in [3.05, 3.63) is 0 Å². The molecule has 2 fully saturated rings. The van der Waals surface area contributed by atoms with Gasteiger partial charge in [-0.05, 0) is 6.42 Å². The van der Waals surface area contributed by atoms with Crippen molar-refractivity contribution in [1.29, 1.82) is 0 Å². The van der Waals surface area contributed by atoms with Gasteiger partial charge in [0, 0.05) is 30.2 Å². The molecule has 2 aliphatic rings. The summed E-state index contributed by atoms with van der Waals surface area (Å²) in [6, 6.07) is 0.743. The minimum atomic E-state index is 0.738. The predicted octanol–water partition coefficient (Wildman–Crippen LogP) is 0.480. The Labute approximate surface area is 65.7 Å². The smallest absolute Gasteiger partial charge is 0.0600 e. The van der Waals surface area contributed by atoms with E-state index in [2.05, 4.69) is 17.1 Å². The zero-order valence-corrected chi connectivity index (χ0v) is 6.82. The lowest BCUT2D eigenvalue weighted by Crippen LogP contribution is -2.49. The maximum absolute atomic E-state index is 5.38. The number of ether oxygens (including phenoxy) is 1. The minimum absolute atomic E-state index is 0.738. The third-order valence-corrected chi connectivity index (χ3v) is 3.48. The quantitative estimate of drug-likeness (QED) is 0.555. The molecule has 2 rings (SSSR count). The first-order valence-corrected chi connectivity index (χ1v) is 4.94. The van der Waals surface area contributed by atoms with Crippen LogP contribution in [0.3, 0.4) is 0 Å². The van der Waals surface area contributed by atoms with Crippen molar-refractivity contribution in [2.75, 3.05) is 25.5 Å². The molecular weight excluding hydrogens is 146 g/mol. The number of thioether (sulfide) groups is 1. The molecule has 3 heteroatoms. The molecule has 2 nitrogen and oxygen atoms in total. The van der Waals surface area contributed by atoms with Crippen LogP contribution in [0.2, 0.25) is 0 Å². The van der Waals surface area contributed by atoms with Crippen molar-refractivity contribution in [3.63, 3.8) is 0 Å². The van der Waals surface area contributed by atoms with Crippen molar-refractivity contribution in [1.82, 2.24) is 5.32 Å². The van der Waals surface area contributed by atoms with E-state index in [-0.39, 0.29) is 0 Å². The first-order valence-electron chi connectivity index (χ1n) is 3.89. The third-order valence-electron chi connectivity index (χ3n) is 2.14. The third kappa shape index (κ3) is 1.31. The SMILES string of the molecule is C1CS[C@@H]2COCC[C@H]2N1. The molecule has 1 N–H and O–H groups in total. The van der Waals surface area contributed by atoms with Crippen molar-refractivity contribution < 1.29 is 4.74 Å². The number of rotatable bonds is 0. The van der Waals surface area contributed by atoms with E-state index in [1.807, 2.05) is 0 Å².